The Morgan fingerprint density at radius 2 is 1.76 bits per heavy atom. The molecule has 1 aliphatic heterocycles. The molecule has 1 heterocycles. The zero-order chi connectivity index (χ0) is 27.3. The molecule has 0 aromatic heterocycles. The van der Waals surface area contributed by atoms with Crippen LogP contribution in [0.3, 0.4) is 0 Å². The van der Waals surface area contributed by atoms with Crippen LogP contribution in [-0.4, -0.2) is 38.3 Å². The highest BCUT2D eigenvalue weighted by Gasteiger charge is 2.24. The Bertz CT molecular complexity index is 1260. The van der Waals surface area contributed by atoms with Gasteiger partial charge in [-0.15, -0.1) is 0 Å². The summed E-state index contributed by atoms with van der Waals surface area (Å²) in [6, 6.07) is 17.2. The highest BCUT2D eigenvalue weighted by atomic mass is 32.3. The number of carboxylic acid groups (broad SMARTS) is 1. The smallest absolute Gasteiger partial charge is 0.303 e. The summed E-state index contributed by atoms with van der Waals surface area (Å²) in [5, 5.41) is 12.1. The van der Waals surface area contributed by atoms with Gasteiger partial charge in [0.2, 0.25) is 0 Å². The number of carbonyl (C=O) groups is 1. The van der Waals surface area contributed by atoms with Crippen molar-refractivity contribution >= 4 is 22.2 Å². The molecule has 3 aromatic carbocycles. The van der Waals surface area contributed by atoms with Crippen LogP contribution in [0.25, 0.3) is 11.1 Å². The summed E-state index contributed by atoms with van der Waals surface area (Å²) in [4.78, 5) is 10.8. The van der Waals surface area contributed by atoms with Crippen molar-refractivity contribution in [3.8, 4) is 16.9 Å². The van der Waals surface area contributed by atoms with Gasteiger partial charge in [0.15, 0.2) is 0 Å². The molecule has 3 aromatic rings. The van der Waals surface area contributed by atoms with Gasteiger partial charge < -0.3 is 15.2 Å². The Morgan fingerprint density at radius 1 is 1.05 bits per heavy atom. The number of aryl methyl sites for hydroxylation is 3. The Labute approximate surface area is 225 Å². The van der Waals surface area contributed by atoms with E-state index in [2.05, 4.69) is 43.4 Å². The van der Waals surface area contributed by atoms with E-state index < -0.39 is 22.4 Å². The molecule has 0 bridgehead atoms. The lowest BCUT2D eigenvalue weighted by Crippen LogP contribution is -2.24. The molecule has 0 radical (unpaired) electrons. The summed E-state index contributed by atoms with van der Waals surface area (Å²) in [5.74, 6) is 0.758. The topological polar surface area (TPSA) is 99.0 Å². The van der Waals surface area contributed by atoms with Gasteiger partial charge in [-0.3, -0.25) is 13.9 Å². The molecular weight excluding hydrogens is 505 g/mol. The first-order chi connectivity index (χ1) is 18.1. The SMILES string of the molecule is Cc1cc(OCC2CCS(O)(O)CC2)cc(C)c1-c1cccc(CNc2ccc(CCC(=O)O)c(F)c2)c1. The monoisotopic (exact) mass is 541 g/mol. The summed E-state index contributed by atoms with van der Waals surface area (Å²) in [5.41, 5.74) is 6.57. The molecule has 1 aliphatic rings. The fourth-order valence-electron chi connectivity index (χ4n) is 4.94. The molecule has 0 amide bonds. The number of hydrogen-bond acceptors (Lipinski definition) is 5. The van der Waals surface area contributed by atoms with E-state index in [0.29, 0.717) is 41.8 Å². The van der Waals surface area contributed by atoms with Crippen molar-refractivity contribution in [2.24, 2.45) is 5.92 Å². The van der Waals surface area contributed by atoms with Gasteiger partial charge in [0.1, 0.15) is 11.6 Å². The first-order valence-electron chi connectivity index (χ1n) is 12.9. The van der Waals surface area contributed by atoms with Crippen molar-refractivity contribution in [1.29, 1.82) is 0 Å². The number of rotatable bonds is 10. The van der Waals surface area contributed by atoms with Gasteiger partial charge in [0, 0.05) is 30.2 Å². The van der Waals surface area contributed by atoms with Gasteiger partial charge in [-0.1, -0.05) is 24.3 Å². The average Bonchev–Trinajstić information content (AvgIpc) is 2.86. The number of carboxylic acids is 1. The van der Waals surface area contributed by atoms with Crippen LogP contribution in [0.4, 0.5) is 10.1 Å². The molecule has 0 unspecified atom stereocenters. The van der Waals surface area contributed by atoms with Crippen molar-refractivity contribution in [2.45, 2.75) is 46.1 Å². The molecular formula is C30H36FNO5S. The van der Waals surface area contributed by atoms with E-state index in [1.807, 2.05) is 12.1 Å². The molecule has 8 heteroatoms. The standard InChI is InChI=1S/C30H36FNO5S/c1-20-14-27(37-19-22-10-12-38(35,36)13-11-22)15-21(2)30(20)25-5-3-4-23(16-25)18-32-26-8-6-24(28(31)17-26)7-9-29(33)34/h3-6,8,14-17,22,32,35-36H,7,9-13,18-19H2,1-2H3,(H,33,34). The van der Waals surface area contributed by atoms with Gasteiger partial charge in [0.25, 0.3) is 0 Å². The molecule has 0 saturated carbocycles. The van der Waals surface area contributed by atoms with Gasteiger partial charge in [-0.25, -0.2) is 4.39 Å². The number of nitrogens with one attached hydrogen (secondary N) is 1. The fourth-order valence-corrected chi connectivity index (χ4v) is 6.57. The van der Waals surface area contributed by atoms with Crippen molar-refractivity contribution in [1.82, 2.24) is 0 Å². The van der Waals surface area contributed by atoms with Gasteiger partial charge in [-0.2, -0.15) is 10.6 Å². The number of hydrogen-bond donors (Lipinski definition) is 4. The van der Waals surface area contributed by atoms with Gasteiger partial charge in [0.05, 0.1) is 6.61 Å². The van der Waals surface area contributed by atoms with Crippen molar-refractivity contribution in [3.63, 3.8) is 0 Å². The number of anilines is 1. The maximum absolute atomic E-state index is 14.4. The molecule has 4 rings (SSSR count). The lowest BCUT2D eigenvalue weighted by molar-refractivity contribution is -0.136. The fraction of sp³-hybridized carbons (Fsp3) is 0.367. The van der Waals surface area contributed by atoms with Crippen LogP contribution in [0.1, 0.15) is 41.5 Å². The second kappa shape index (κ2) is 12.2. The molecule has 0 spiro atoms. The van der Waals surface area contributed by atoms with Crippen LogP contribution in [-0.2, 0) is 17.8 Å². The number of ether oxygens (including phenoxy) is 1. The van der Waals surface area contributed by atoms with Crippen molar-refractivity contribution in [2.75, 3.05) is 23.4 Å². The summed E-state index contributed by atoms with van der Waals surface area (Å²) < 4.78 is 40.1. The third-order valence-electron chi connectivity index (χ3n) is 7.07. The second-order valence-corrected chi connectivity index (χ2v) is 12.6. The van der Waals surface area contributed by atoms with Gasteiger partial charge in [-0.05, 0) is 103 Å². The molecule has 4 N–H and O–H groups in total. The molecule has 38 heavy (non-hydrogen) atoms. The highest BCUT2D eigenvalue weighted by Crippen LogP contribution is 2.45. The Hall–Kier alpha value is -3.07. The second-order valence-electron chi connectivity index (χ2n) is 10.2. The van der Waals surface area contributed by atoms with Crippen LogP contribution >= 0.6 is 10.6 Å². The predicted molar refractivity (Wildman–Crippen MR) is 152 cm³/mol. The van der Waals surface area contributed by atoms with Crippen LogP contribution < -0.4 is 10.1 Å². The Kier molecular flexibility index (Phi) is 8.97. The third-order valence-corrected chi connectivity index (χ3v) is 8.85. The minimum atomic E-state index is -2.38. The molecule has 0 aliphatic carbocycles. The van der Waals surface area contributed by atoms with E-state index in [9.17, 15) is 18.3 Å². The van der Waals surface area contributed by atoms with Crippen LogP contribution in [0.2, 0.25) is 0 Å². The minimum Gasteiger partial charge on any atom is -0.493 e. The summed E-state index contributed by atoms with van der Waals surface area (Å²) >= 11 is 0. The van der Waals surface area contributed by atoms with Crippen LogP contribution in [0.15, 0.2) is 54.6 Å². The Balaban J connectivity index is 1.39. The maximum Gasteiger partial charge on any atom is 0.303 e. The minimum absolute atomic E-state index is 0.0977. The summed E-state index contributed by atoms with van der Waals surface area (Å²) in [7, 11) is -2.38. The molecule has 204 valence electrons. The van der Waals surface area contributed by atoms with Crippen molar-refractivity contribution in [3.05, 3.63) is 82.7 Å². The summed E-state index contributed by atoms with van der Waals surface area (Å²) in [6.45, 7) is 5.25. The van der Waals surface area contributed by atoms with E-state index in [1.165, 1.54) is 6.07 Å². The zero-order valence-electron chi connectivity index (χ0n) is 21.9. The van der Waals surface area contributed by atoms with E-state index in [4.69, 9.17) is 9.84 Å². The lowest BCUT2D eigenvalue weighted by Gasteiger charge is -2.39. The first-order valence-corrected chi connectivity index (χ1v) is 14.8. The largest absolute Gasteiger partial charge is 0.493 e. The molecule has 1 fully saturated rings. The zero-order valence-corrected chi connectivity index (χ0v) is 22.7. The predicted octanol–water partition coefficient (Wildman–Crippen LogP) is 7.28. The summed E-state index contributed by atoms with van der Waals surface area (Å²) in [6.07, 6.45) is 1.63. The van der Waals surface area contributed by atoms with Gasteiger partial charge >= 0.3 is 5.97 Å². The van der Waals surface area contributed by atoms with Crippen molar-refractivity contribution < 1.29 is 28.1 Å². The van der Waals surface area contributed by atoms with E-state index in [1.54, 1.807) is 12.1 Å². The number of benzene rings is 3. The average molecular weight is 542 g/mol. The van der Waals surface area contributed by atoms with Crippen LogP contribution in [0.5, 0.6) is 5.75 Å². The number of aliphatic carboxylic acids is 1. The van der Waals surface area contributed by atoms with E-state index in [-0.39, 0.29) is 12.8 Å². The Morgan fingerprint density at radius 3 is 2.42 bits per heavy atom. The maximum atomic E-state index is 14.4. The van der Waals surface area contributed by atoms with Crippen LogP contribution in [0, 0.1) is 25.6 Å². The third kappa shape index (κ3) is 7.49. The first kappa shape index (κ1) is 28.0. The molecule has 1 saturated heterocycles. The van der Waals surface area contributed by atoms with E-state index in [0.717, 1.165) is 46.4 Å². The normalized spacial score (nSPS) is 16.1. The molecule has 6 nitrogen and oxygen atoms in total. The highest BCUT2D eigenvalue weighted by molar-refractivity contribution is 8.24. The lowest BCUT2D eigenvalue weighted by atomic mass is 9.94. The quantitative estimate of drug-likeness (QED) is 0.215. The molecule has 0 atom stereocenters. The number of halogens is 1. The van der Waals surface area contributed by atoms with E-state index >= 15 is 0 Å².